The van der Waals surface area contributed by atoms with Gasteiger partial charge in [0.05, 0.1) is 6.10 Å². The van der Waals surface area contributed by atoms with Crippen molar-refractivity contribution in [2.75, 3.05) is 29.9 Å². The lowest BCUT2D eigenvalue weighted by molar-refractivity contribution is -0.00889. The number of nitrogens with zero attached hydrogens (tertiary/aromatic N) is 1. The van der Waals surface area contributed by atoms with Gasteiger partial charge in [-0.25, -0.2) is 4.79 Å². The lowest BCUT2D eigenvalue weighted by Gasteiger charge is -2.30. The van der Waals surface area contributed by atoms with Crippen LogP contribution in [0.1, 0.15) is 44.9 Å². The van der Waals surface area contributed by atoms with E-state index in [0.29, 0.717) is 6.10 Å². The first-order chi connectivity index (χ1) is 12.3. The minimum atomic E-state index is -0.0998. The number of piperidine rings is 1. The summed E-state index contributed by atoms with van der Waals surface area (Å²) < 4.78 is 5.84. The van der Waals surface area contributed by atoms with E-state index in [1.54, 1.807) is 0 Å². The minimum Gasteiger partial charge on any atom is -0.378 e. The van der Waals surface area contributed by atoms with E-state index in [4.69, 9.17) is 4.74 Å². The first kappa shape index (κ1) is 16.7. The van der Waals surface area contributed by atoms with Crippen molar-refractivity contribution in [3.8, 4) is 0 Å². The van der Waals surface area contributed by atoms with Crippen molar-refractivity contribution < 1.29 is 9.53 Å². The topological polar surface area (TPSA) is 53.6 Å². The number of amides is 2. The maximum absolute atomic E-state index is 12.4. The number of anilines is 2. The Morgan fingerprint density at radius 3 is 2.76 bits per heavy atom. The minimum absolute atomic E-state index is 0.0998. The summed E-state index contributed by atoms with van der Waals surface area (Å²) in [5.74, 6) is 0.730. The number of nitrogens with one attached hydrogen (secondary N) is 2. The largest absolute Gasteiger partial charge is 0.378 e. The van der Waals surface area contributed by atoms with E-state index >= 15 is 0 Å². The molecule has 2 aliphatic heterocycles. The predicted octanol–water partition coefficient (Wildman–Crippen LogP) is 3.76. The highest BCUT2D eigenvalue weighted by molar-refractivity contribution is 5.90. The van der Waals surface area contributed by atoms with Crippen LogP contribution in [0.5, 0.6) is 0 Å². The summed E-state index contributed by atoms with van der Waals surface area (Å²) in [6.45, 7) is 2.98. The third kappa shape index (κ3) is 4.46. The maximum atomic E-state index is 12.4. The van der Waals surface area contributed by atoms with Crippen LogP contribution in [0, 0.1) is 5.92 Å². The molecule has 1 aliphatic carbocycles. The van der Waals surface area contributed by atoms with Crippen LogP contribution in [0.2, 0.25) is 0 Å². The molecule has 2 N–H and O–H groups in total. The molecule has 5 nitrogen and oxygen atoms in total. The molecule has 4 rings (SSSR count). The van der Waals surface area contributed by atoms with E-state index in [9.17, 15) is 4.79 Å². The van der Waals surface area contributed by atoms with Crippen LogP contribution in [-0.2, 0) is 4.74 Å². The third-order valence-electron chi connectivity index (χ3n) is 5.62. The van der Waals surface area contributed by atoms with Crippen molar-refractivity contribution in [1.29, 1.82) is 0 Å². The van der Waals surface area contributed by atoms with Gasteiger partial charge in [-0.3, -0.25) is 0 Å². The molecular weight excluding hydrogens is 314 g/mol. The Kier molecular flexibility index (Phi) is 5.11. The van der Waals surface area contributed by atoms with E-state index in [1.165, 1.54) is 37.8 Å². The zero-order chi connectivity index (χ0) is 17.1. The van der Waals surface area contributed by atoms with Crippen LogP contribution in [-0.4, -0.2) is 37.9 Å². The van der Waals surface area contributed by atoms with Crippen molar-refractivity contribution in [2.45, 2.75) is 57.1 Å². The molecule has 3 aliphatic rings. The molecule has 3 fully saturated rings. The molecule has 0 spiro atoms. The predicted molar refractivity (Wildman–Crippen MR) is 100 cm³/mol. The lowest BCUT2D eigenvalue weighted by Crippen LogP contribution is -2.44. The monoisotopic (exact) mass is 343 g/mol. The Bertz CT molecular complexity index is 596. The number of rotatable bonds is 4. The maximum Gasteiger partial charge on any atom is 0.319 e. The molecular formula is C20H29N3O2. The van der Waals surface area contributed by atoms with Crippen LogP contribution in [0.3, 0.4) is 0 Å². The van der Waals surface area contributed by atoms with E-state index in [0.717, 1.165) is 44.1 Å². The highest BCUT2D eigenvalue weighted by atomic mass is 16.5. The Hall–Kier alpha value is -1.75. The van der Waals surface area contributed by atoms with Crippen molar-refractivity contribution in [2.24, 2.45) is 5.92 Å². The highest BCUT2D eigenvalue weighted by Gasteiger charge is 2.36. The average Bonchev–Trinajstić information content (AvgIpc) is 3.48. The summed E-state index contributed by atoms with van der Waals surface area (Å²) in [5.41, 5.74) is 2.07. The van der Waals surface area contributed by atoms with Crippen LogP contribution in [0.15, 0.2) is 24.3 Å². The zero-order valence-electron chi connectivity index (χ0n) is 14.9. The van der Waals surface area contributed by atoms with Gasteiger partial charge in [0.15, 0.2) is 0 Å². The average molecular weight is 343 g/mol. The molecule has 1 aromatic rings. The number of hydrogen-bond acceptors (Lipinski definition) is 3. The molecule has 0 aromatic heterocycles. The molecule has 1 aromatic carbocycles. The fourth-order valence-corrected chi connectivity index (χ4v) is 4.04. The van der Waals surface area contributed by atoms with E-state index in [1.807, 2.05) is 12.1 Å². The Balaban J connectivity index is 1.31. The fourth-order valence-electron chi connectivity index (χ4n) is 4.04. The van der Waals surface area contributed by atoms with Gasteiger partial charge in [0.25, 0.3) is 0 Å². The van der Waals surface area contributed by atoms with Crippen LogP contribution in [0.25, 0.3) is 0 Å². The van der Waals surface area contributed by atoms with Gasteiger partial charge in [-0.15, -0.1) is 0 Å². The number of urea groups is 1. The summed E-state index contributed by atoms with van der Waals surface area (Å²) in [6, 6.07) is 8.33. The summed E-state index contributed by atoms with van der Waals surface area (Å²) >= 11 is 0. The number of carbonyl (C=O) groups is 1. The van der Waals surface area contributed by atoms with Gasteiger partial charge < -0.3 is 20.3 Å². The second-order valence-electron chi connectivity index (χ2n) is 7.66. The molecule has 2 saturated heterocycles. The van der Waals surface area contributed by atoms with Gasteiger partial charge in [-0.2, -0.15) is 0 Å². The second-order valence-corrected chi connectivity index (χ2v) is 7.66. The molecule has 1 saturated carbocycles. The third-order valence-corrected chi connectivity index (χ3v) is 5.62. The lowest BCUT2D eigenvalue weighted by atomic mass is 10.0. The zero-order valence-corrected chi connectivity index (χ0v) is 14.9. The summed E-state index contributed by atoms with van der Waals surface area (Å²) in [4.78, 5) is 14.8. The summed E-state index contributed by atoms with van der Waals surface area (Å²) in [7, 11) is 0. The summed E-state index contributed by atoms with van der Waals surface area (Å²) in [6.07, 6.45) is 8.61. The molecule has 0 unspecified atom stereocenters. The van der Waals surface area contributed by atoms with E-state index in [-0.39, 0.29) is 12.1 Å². The molecule has 25 heavy (non-hydrogen) atoms. The van der Waals surface area contributed by atoms with Gasteiger partial charge in [-0.1, -0.05) is 6.07 Å². The molecule has 2 atom stereocenters. The molecule has 2 heterocycles. The van der Waals surface area contributed by atoms with Gasteiger partial charge in [0.1, 0.15) is 0 Å². The quantitative estimate of drug-likeness (QED) is 0.875. The second kappa shape index (κ2) is 7.65. The van der Waals surface area contributed by atoms with Gasteiger partial charge in [0, 0.05) is 37.1 Å². The Labute approximate surface area is 150 Å². The molecule has 0 radical (unpaired) electrons. The molecule has 2 amide bonds. The number of ether oxygens (including phenoxy) is 1. The standard InChI is InChI=1S/C20H29N3O2/c24-20(22-17-9-12-25-19(14-17)15-7-8-15)21-16-5-4-6-18(13-16)23-10-2-1-3-11-23/h4-6,13,15,17,19H,1-3,7-12,14H2,(H2,21,22,24)/t17-,19-/m0/s1. The van der Waals surface area contributed by atoms with Crippen LogP contribution < -0.4 is 15.5 Å². The van der Waals surface area contributed by atoms with Crippen LogP contribution in [0.4, 0.5) is 16.2 Å². The first-order valence-corrected chi connectivity index (χ1v) is 9.82. The van der Waals surface area contributed by atoms with Crippen molar-refractivity contribution in [3.05, 3.63) is 24.3 Å². The van der Waals surface area contributed by atoms with Gasteiger partial charge in [0.2, 0.25) is 0 Å². The smallest absolute Gasteiger partial charge is 0.319 e. The molecule has 5 heteroatoms. The molecule has 0 bridgehead atoms. The number of benzene rings is 1. The Morgan fingerprint density at radius 1 is 1.12 bits per heavy atom. The number of hydrogen-bond donors (Lipinski definition) is 2. The van der Waals surface area contributed by atoms with Gasteiger partial charge in [-0.05, 0) is 69.1 Å². The van der Waals surface area contributed by atoms with Gasteiger partial charge >= 0.3 is 6.03 Å². The van der Waals surface area contributed by atoms with Crippen molar-refractivity contribution in [3.63, 3.8) is 0 Å². The molecule has 136 valence electrons. The van der Waals surface area contributed by atoms with Crippen molar-refractivity contribution >= 4 is 17.4 Å². The van der Waals surface area contributed by atoms with E-state index in [2.05, 4.69) is 27.7 Å². The number of carbonyl (C=O) groups excluding carboxylic acids is 1. The summed E-state index contributed by atoms with van der Waals surface area (Å²) in [5, 5.41) is 6.15. The first-order valence-electron chi connectivity index (χ1n) is 9.82. The normalized spacial score (nSPS) is 27.0. The van der Waals surface area contributed by atoms with E-state index < -0.39 is 0 Å². The fraction of sp³-hybridized carbons (Fsp3) is 0.650. The SMILES string of the molecule is O=C(Nc1cccc(N2CCCCC2)c1)N[C@H]1CCO[C@H](C2CC2)C1. The Morgan fingerprint density at radius 2 is 1.96 bits per heavy atom. The van der Waals surface area contributed by atoms with Crippen LogP contribution >= 0.6 is 0 Å². The van der Waals surface area contributed by atoms with Crippen molar-refractivity contribution in [1.82, 2.24) is 5.32 Å². The highest BCUT2D eigenvalue weighted by Crippen LogP contribution is 2.38.